The van der Waals surface area contributed by atoms with Crippen molar-refractivity contribution in [3.63, 3.8) is 0 Å². The fraction of sp³-hybridized carbons (Fsp3) is 0.912. The summed E-state index contributed by atoms with van der Waals surface area (Å²) in [4.78, 5) is 12.1. The lowest BCUT2D eigenvalue weighted by Crippen LogP contribution is -2.45. The summed E-state index contributed by atoms with van der Waals surface area (Å²) in [7, 11) is 0. The Balaban J connectivity index is 3.52. The van der Waals surface area contributed by atoms with Gasteiger partial charge in [-0.2, -0.15) is 0 Å². The minimum atomic E-state index is -0.830. The highest BCUT2D eigenvalue weighted by Crippen LogP contribution is 2.15. The van der Waals surface area contributed by atoms with Crippen LogP contribution >= 0.6 is 0 Å². The number of unbranched alkanes of at least 4 members (excludes halogenated alkanes) is 23. The second-order valence-electron chi connectivity index (χ2n) is 11.6. The molecule has 0 saturated carbocycles. The maximum absolute atomic E-state index is 12.1. The van der Waals surface area contributed by atoms with Crippen molar-refractivity contribution in [2.24, 2.45) is 0 Å². The van der Waals surface area contributed by atoms with Crippen molar-refractivity contribution in [1.29, 1.82) is 0 Å². The van der Waals surface area contributed by atoms with Crippen molar-refractivity contribution in [3.8, 4) is 0 Å². The molecule has 0 saturated heterocycles. The van der Waals surface area contributed by atoms with Crippen LogP contribution in [0.5, 0.6) is 0 Å². The minimum absolute atomic E-state index is 0.0736. The van der Waals surface area contributed by atoms with Gasteiger partial charge in [-0.05, 0) is 19.3 Å². The highest BCUT2D eigenvalue weighted by Gasteiger charge is 2.17. The van der Waals surface area contributed by atoms with Gasteiger partial charge in [-0.3, -0.25) is 4.79 Å². The summed E-state index contributed by atoms with van der Waals surface area (Å²) in [6.45, 7) is 4.24. The van der Waals surface area contributed by atoms with Gasteiger partial charge in [0.1, 0.15) is 0 Å². The molecule has 0 heterocycles. The first-order chi connectivity index (χ1) is 18.7. The Morgan fingerprint density at radius 1 is 0.605 bits per heavy atom. The number of carbonyl (C=O) groups is 1. The summed E-state index contributed by atoms with van der Waals surface area (Å²) in [6, 6.07) is -0.612. The third-order valence-electron chi connectivity index (χ3n) is 7.77. The van der Waals surface area contributed by atoms with Gasteiger partial charge in [0.05, 0.1) is 18.8 Å². The van der Waals surface area contributed by atoms with E-state index in [4.69, 9.17) is 0 Å². The lowest BCUT2D eigenvalue weighted by Gasteiger charge is -2.20. The highest BCUT2D eigenvalue weighted by molar-refractivity contribution is 5.76. The van der Waals surface area contributed by atoms with Gasteiger partial charge in [-0.1, -0.05) is 167 Å². The van der Waals surface area contributed by atoms with E-state index in [0.29, 0.717) is 6.42 Å². The Hall–Kier alpha value is -0.870. The van der Waals surface area contributed by atoms with Gasteiger partial charge in [0.25, 0.3) is 0 Å². The number of hydrogen-bond donors (Lipinski definition) is 3. The first kappa shape index (κ1) is 37.1. The molecule has 0 fully saturated rings. The summed E-state index contributed by atoms with van der Waals surface area (Å²) in [5.74, 6) is -0.0736. The minimum Gasteiger partial charge on any atom is -0.394 e. The molecule has 0 aliphatic carbocycles. The van der Waals surface area contributed by atoms with Crippen molar-refractivity contribution in [2.45, 2.75) is 193 Å². The summed E-state index contributed by atoms with van der Waals surface area (Å²) in [5.41, 5.74) is 0. The smallest absolute Gasteiger partial charge is 0.220 e. The van der Waals surface area contributed by atoms with Crippen LogP contribution in [0.2, 0.25) is 0 Å². The molecule has 0 bridgehead atoms. The Morgan fingerprint density at radius 3 is 1.37 bits per heavy atom. The van der Waals surface area contributed by atoms with E-state index in [-0.39, 0.29) is 12.5 Å². The predicted molar refractivity (Wildman–Crippen MR) is 166 cm³/mol. The van der Waals surface area contributed by atoms with Gasteiger partial charge < -0.3 is 15.5 Å². The number of aliphatic hydroxyl groups is 2. The van der Waals surface area contributed by atoms with Gasteiger partial charge in [0.15, 0.2) is 0 Å². The summed E-state index contributed by atoms with van der Waals surface area (Å²) < 4.78 is 0. The second kappa shape index (κ2) is 30.7. The van der Waals surface area contributed by atoms with E-state index in [1.165, 1.54) is 135 Å². The van der Waals surface area contributed by atoms with Crippen LogP contribution in [0.1, 0.15) is 181 Å². The van der Waals surface area contributed by atoms with E-state index in [0.717, 1.165) is 25.7 Å². The normalized spacial score (nSPS) is 13.3. The van der Waals surface area contributed by atoms with Crippen LogP contribution in [0.4, 0.5) is 0 Å². The van der Waals surface area contributed by atoms with E-state index in [1.54, 1.807) is 6.08 Å². The van der Waals surface area contributed by atoms with Crippen LogP contribution in [0.25, 0.3) is 0 Å². The van der Waals surface area contributed by atoms with Crippen LogP contribution in [0.3, 0.4) is 0 Å². The molecule has 0 aromatic carbocycles. The zero-order valence-corrected chi connectivity index (χ0v) is 25.7. The van der Waals surface area contributed by atoms with Crippen molar-refractivity contribution in [3.05, 3.63) is 12.2 Å². The average molecular weight is 538 g/mol. The molecule has 0 aliphatic rings. The predicted octanol–water partition coefficient (Wildman–Crippen LogP) is 9.56. The Labute approximate surface area is 237 Å². The molecule has 0 spiro atoms. The van der Waals surface area contributed by atoms with Gasteiger partial charge in [-0.25, -0.2) is 0 Å². The van der Waals surface area contributed by atoms with Crippen molar-refractivity contribution in [2.75, 3.05) is 6.61 Å². The molecule has 0 rings (SSSR count). The summed E-state index contributed by atoms with van der Waals surface area (Å²) >= 11 is 0. The Kier molecular flexibility index (Phi) is 30.0. The highest BCUT2D eigenvalue weighted by atomic mass is 16.3. The topological polar surface area (TPSA) is 69.6 Å². The maximum Gasteiger partial charge on any atom is 0.220 e. The third kappa shape index (κ3) is 26.7. The van der Waals surface area contributed by atoms with E-state index in [1.807, 2.05) is 6.08 Å². The molecule has 0 aliphatic heterocycles. The Bertz CT molecular complexity index is 508. The van der Waals surface area contributed by atoms with Crippen molar-refractivity contribution >= 4 is 5.91 Å². The number of allylic oxidation sites excluding steroid dienone is 1. The number of amides is 1. The molecule has 4 heteroatoms. The monoisotopic (exact) mass is 538 g/mol. The van der Waals surface area contributed by atoms with E-state index >= 15 is 0 Å². The maximum atomic E-state index is 12.1. The fourth-order valence-corrected chi connectivity index (χ4v) is 5.12. The van der Waals surface area contributed by atoms with Crippen LogP contribution in [0, 0.1) is 0 Å². The lowest BCUT2D eigenvalue weighted by atomic mass is 10.0. The first-order valence-corrected chi connectivity index (χ1v) is 16.9. The second-order valence-corrected chi connectivity index (χ2v) is 11.6. The van der Waals surface area contributed by atoms with E-state index in [9.17, 15) is 15.0 Å². The molecular formula is C34H67NO3. The number of hydrogen-bond acceptors (Lipinski definition) is 3. The molecule has 0 aromatic heterocycles. The zero-order valence-electron chi connectivity index (χ0n) is 25.7. The number of carbonyl (C=O) groups excluding carboxylic acids is 1. The molecule has 2 unspecified atom stereocenters. The van der Waals surface area contributed by atoms with Crippen molar-refractivity contribution in [1.82, 2.24) is 5.32 Å². The van der Waals surface area contributed by atoms with Gasteiger partial charge in [-0.15, -0.1) is 0 Å². The van der Waals surface area contributed by atoms with E-state index < -0.39 is 12.1 Å². The first-order valence-electron chi connectivity index (χ1n) is 16.9. The molecule has 38 heavy (non-hydrogen) atoms. The molecule has 4 nitrogen and oxygen atoms in total. The SMILES string of the molecule is CCCCCCCCCCCCCCCCCCCC/C=C/C(O)C(CO)NC(=O)CCCCCCCC. The quantitative estimate of drug-likeness (QED) is 0.0631. The van der Waals surface area contributed by atoms with Crippen LogP contribution in [0.15, 0.2) is 12.2 Å². The molecule has 1 amide bonds. The molecule has 0 aromatic rings. The fourth-order valence-electron chi connectivity index (χ4n) is 5.12. The number of rotatable bonds is 30. The van der Waals surface area contributed by atoms with E-state index in [2.05, 4.69) is 19.2 Å². The molecule has 226 valence electrons. The van der Waals surface area contributed by atoms with Crippen LogP contribution in [-0.4, -0.2) is 34.9 Å². The number of aliphatic hydroxyl groups excluding tert-OH is 2. The molecule has 2 atom stereocenters. The van der Waals surface area contributed by atoms with Gasteiger partial charge >= 0.3 is 0 Å². The number of nitrogens with one attached hydrogen (secondary N) is 1. The Morgan fingerprint density at radius 2 is 0.974 bits per heavy atom. The largest absolute Gasteiger partial charge is 0.394 e. The standard InChI is InChI=1S/C34H67NO3/c1-3-5-7-9-11-12-13-14-15-16-17-18-19-20-21-22-23-24-25-27-29-33(37)32(31-36)35-34(38)30-28-26-10-8-6-4-2/h27,29,32-33,36-37H,3-26,28,30-31H2,1-2H3,(H,35,38)/b29-27+. The lowest BCUT2D eigenvalue weighted by molar-refractivity contribution is -0.123. The van der Waals surface area contributed by atoms with Crippen LogP contribution in [-0.2, 0) is 4.79 Å². The average Bonchev–Trinajstić information content (AvgIpc) is 2.92. The van der Waals surface area contributed by atoms with Crippen LogP contribution < -0.4 is 5.32 Å². The summed E-state index contributed by atoms with van der Waals surface area (Å²) in [6.07, 6.45) is 36.0. The van der Waals surface area contributed by atoms with Gasteiger partial charge in [0, 0.05) is 6.42 Å². The zero-order chi connectivity index (χ0) is 27.9. The molecule has 0 radical (unpaired) electrons. The van der Waals surface area contributed by atoms with Gasteiger partial charge in [0.2, 0.25) is 5.91 Å². The summed E-state index contributed by atoms with van der Waals surface area (Å²) in [5, 5.41) is 22.7. The van der Waals surface area contributed by atoms with Crippen molar-refractivity contribution < 1.29 is 15.0 Å². The third-order valence-corrected chi connectivity index (χ3v) is 7.77. The molecular weight excluding hydrogens is 470 g/mol. The molecule has 3 N–H and O–H groups in total.